The van der Waals surface area contributed by atoms with E-state index in [0.717, 1.165) is 12.8 Å². The summed E-state index contributed by atoms with van der Waals surface area (Å²) in [6.45, 7) is 0. The van der Waals surface area contributed by atoms with Gasteiger partial charge >= 0.3 is 0 Å². The van der Waals surface area contributed by atoms with Gasteiger partial charge in [0.2, 0.25) is 0 Å². The quantitative estimate of drug-likeness (QED) is 0.477. The highest BCUT2D eigenvalue weighted by atomic mass is 16.3. The maximum atomic E-state index is 8.82. The third-order valence-corrected chi connectivity index (χ3v) is 2.29. The molecule has 40 valence electrons. The largest absolute Gasteiger partial charge is 0.393 e. The van der Waals surface area contributed by atoms with Crippen LogP contribution in [0.25, 0.3) is 0 Å². The fraction of sp³-hybridized carbons (Fsp3) is 1.00. The summed E-state index contributed by atoms with van der Waals surface area (Å²) in [5.41, 5.74) is 0.694. The van der Waals surface area contributed by atoms with E-state index in [0.29, 0.717) is 5.41 Å². The third kappa shape index (κ3) is 0.418. The van der Waals surface area contributed by atoms with Crippen molar-refractivity contribution in [3.05, 3.63) is 0 Å². The molecular weight excluding hydrogens is 88.1 g/mol. The molecule has 0 bridgehead atoms. The number of rotatable bonds is 0. The molecule has 1 spiro atoms. The molecule has 0 unspecified atom stereocenters. The molecule has 0 heterocycles. The van der Waals surface area contributed by atoms with Crippen LogP contribution in [0.5, 0.6) is 0 Å². The molecule has 2 fully saturated rings. The zero-order chi connectivity index (χ0) is 4.91. The minimum Gasteiger partial charge on any atom is -0.393 e. The van der Waals surface area contributed by atoms with Crippen LogP contribution in [0.3, 0.4) is 0 Å². The van der Waals surface area contributed by atoms with E-state index in [4.69, 9.17) is 5.11 Å². The van der Waals surface area contributed by atoms with E-state index in [2.05, 4.69) is 0 Å². The van der Waals surface area contributed by atoms with Gasteiger partial charge in [-0.15, -0.1) is 0 Å². The number of hydrogen-bond donors (Lipinski definition) is 1. The Hall–Kier alpha value is -0.0400. The van der Waals surface area contributed by atoms with Crippen molar-refractivity contribution in [3.8, 4) is 0 Å². The Morgan fingerprint density at radius 1 is 1.29 bits per heavy atom. The van der Waals surface area contributed by atoms with Crippen molar-refractivity contribution in [1.82, 2.24) is 0 Å². The molecule has 1 heteroatoms. The first-order valence-corrected chi connectivity index (χ1v) is 2.99. The summed E-state index contributed by atoms with van der Waals surface area (Å²) < 4.78 is 0. The van der Waals surface area contributed by atoms with E-state index in [1.165, 1.54) is 12.8 Å². The van der Waals surface area contributed by atoms with Gasteiger partial charge in [-0.3, -0.25) is 0 Å². The Bertz CT molecular complexity index is 86.4. The summed E-state index contributed by atoms with van der Waals surface area (Å²) in [6.07, 6.45) is 5.07. The second kappa shape index (κ2) is 0.873. The second-order valence-electron chi connectivity index (χ2n) is 3.06. The summed E-state index contributed by atoms with van der Waals surface area (Å²) in [5, 5.41) is 8.82. The molecular formula is C6H10O. The smallest absolute Gasteiger partial charge is 0.0550 e. The van der Waals surface area contributed by atoms with Gasteiger partial charge in [0.1, 0.15) is 0 Å². The van der Waals surface area contributed by atoms with Crippen LogP contribution in [0.15, 0.2) is 0 Å². The van der Waals surface area contributed by atoms with Crippen LogP contribution in [0.2, 0.25) is 0 Å². The highest BCUT2D eigenvalue weighted by Gasteiger charge is 2.52. The second-order valence-corrected chi connectivity index (χ2v) is 3.06. The van der Waals surface area contributed by atoms with Crippen molar-refractivity contribution >= 4 is 0 Å². The van der Waals surface area contributed by atoms with Crippen LogP contribution in [0, 0.1) is 5.41 Å². The normalized spacial score (nSPS) is 35.6. The lowest BCUT2D eigenvalue weighted by Crippen LogP contribution is -2.29. The lowest BCUT2D eigenvalue weighted by molar-refractivity contribution is 0.0291. The first-order chi connectivity index (χ1) is 3.31. The van der Waals surface area contributed by atoms with Crippen molar-refractivity contribution in [1.29, 1.82) is 0 Å². The summed E-state index contributed by atoms with van der Waals surface area (Å²) in [5.74, 6) is 0. The SMILES string of the molecule is OC1CC2(CC2)C1. The molecule has 0 saturated heterocycles. The van der Waals surface area contributed by atoms with Gasteiger partial charge in [0.05, 0.1) is 6.10 Å². The molecule has 0 aromatic rings. The molecule has 2 rings (SSSR count). The maximum Gasteiger partial charge on any atom is 0.0550 e. The van der Waals surface area contributed by atoms with Gasteiger partial charge in [-0.2, -0.15) is 0 Å². The fourth-order valence-electron chi connectivity index (χ4n) is 1.52. The predicted octanol–water partition coefficient (Wildman–Crippen LogP) is 0.921. The van der Waals surface area contributed by atoms with Crippen molar-refractivity contribution in [2.24, 2.45) is 5.41 Å². The molecule has 0 aromatic heterocycles. The van der Waals surface area contributed by atoms with Crippen molar-refractivity contribution in [3.63, 3.8) is 0 Å². The van der Waals surface area contributed by atoms with Gasteiger partial charge in [0, 0.05) is 0 Å². The van der Waals surface area contributed by atoms with E-state index < -0.39 is 0 Å². The molecule has 1 N–H and O–H groups in total. The molecule has 7 heavy (non-hydrogen) atoms. The lowest BCUT2D eigenvalue weighted by Gasteiger charge is -2.31. The van der Waals surface area contributed by atoms with Crippen LogP contribution in [-0.2, 0) is 0 Å². The minimum absolute atomic E-state index is 0.0718. The molecule has 2 aliphatic carbocycles. The summed E-state index contributed by atoms with van der Waals surface area (Å²) >= 11 is 0. The highest BCUT2D eigenvalue weighted by Crippen LogP contribution is 2.60. The fourth-order valence-corrected chi connectivity index (χ4v) is 1.52. The summed E-state index contributed by atoms with van der Waals surface area (Å²) in [7, 11) is 0. The minimum atomic E-state index is 0.0718. The van der Waals surface area contributed by atoms with Crippen molar-refractivity contribution in [2.75, 3.05) is 0 Å². The predicted molar refractivity (Wildman–Crippen MR) is 26.9 cm³/mol. The van der Waals surface area contributed by atoms with Crippen LogP contribution in [-0.4, -0.2) is 11.2 Å². The third-order valence-electron chi connectivity index (χ3n) is 2.29. The van der Waals surface area contributed by atoms with E-state index >= 15 is 0 Å². The Balaban J connectivity index is 1.97. The van der Waals surface area contributed by atoms with Crippen molar-refractivity contribution < 1.29 is 5.11 Å². The van der Waals surface area contributed by atoms with Crippen LogP contribution >= 0.6 is 0 Å². The monoisotopic (exact) mass is 98.1 g/mol. The van der Waals surface area contributed by atoms with Gasteiger partial charge in [0.25, 0.3) is 0 Å². The molecule has 0 aromatic carbocycles. The first-order valence-electron chi connectivity index (χ1n) is 2.99. The highest BCUT2D eigenvalue weighted by molar-refractivity contribution is 5.03. The summed E-state index contributed by atoms with van der Waals surface area (Å²) in [6, 6.07) is 0. The van der Waals surface area contributed by atoms with Gasteiger partial charge in [-0.25, -0.2) is 0 Å². The van der Waals surface area contributed by atoms with E-state index in [1.807, 2.05) is 0 Å². The number of aliphatic hydroxyl groups excluding tert-OH is 1. The van der Waals surface area contributed by atoms with Gasteiger partial charge < -0.3 is 5.11 Å². The lowest BCUT2D eigenvalue weighted by atomic mass is 9.79. The maximum absolute atomic E-state index is 8.82. The average molecular weight is 98.1 g/mol. The molecule has 0 amide bonds. The zero-order valence-corrected chi connectivity index (χ0v) is 4.35. The van der Waals surface area contributed by atoms with E-state index in [-0.39, 0.29) is 6.10 Å². The first kappa shape index (κ1) is 3.90. The van der Waals surface area contributed by atoms with Gasteiger partial charge in [-0.1, -0.05) is 0 Å². The van der Waals surface area contributed by atoms with Crippen molar-refractivity contribution in [2.45, 2.75) is 31.8 Å². The van der Waals surface area contributed by atoms with Crippen LogP contribution in [0.1, 0.15) is 25.7 Å². The number of aliphatic hydroxyl groups is 1. The molecule has 2 aliphatic rings. The van der Waals surface area contributed by atoms with Crippen LogP contribution in [0.4, 0.5) is 0 Å². The summed E-state index contributed by atoms with van der Waals surface area (Å²) in [4.78, 5) is 0. The standard InChI is InChI=1S/C6H10O/c7-5-3-6(4-5)1-2-6/h5,7H,1-4H2. The average Bonchev–Trinajstić information content (AvgIpc) is 2.14. The molecule has 2 saturated carbocycles. The Morgan fingerprint density at radius 2 is 1.86 bits per heavy atom. The Kier molecular flexibility index (Phi) is 0.487. The number of hydrogen-bond acceptors (Lipinski definition) is 1. The Morgan fingerprint density at radius 3 is 2.00 bits per heavy atom. The Labute approximate surface area is 43.3 Å². The van der Waals surface area contributed by atoms with E-state index in [9.17, 15) is 0 Å². The van der Waals surface area contributed by atoms with Crippen LogP contribution < -0.4 is 0 Å². The topological polar surface area (TPSA) is 20.2 Å². The molecule has 0 radical (unpaired) electrons. The van der Waals surface area contributed by atoms with Gasteiger partial charge in [-0.05, 0) is 31.1 Å². The molecule has 0 atom stereocenters. The molecule has 1 nitrogen and oxygen atoms in total. The van der Waals surface area contributed by atoms with Gasteiger partial charge in [0.15, 0.2) is 0 Å². The van der Waals surface area contributed by atoms with E-state index in [1.54, 1.807) is 0 Å². The molecule has 0 aliphatic heterocycles. The zero-order valence-electron chi connectivity index (χ0n) is 4.35.